The van der Waals surface area contributed by atoms with E-state index in [2.05, 4.69) is 10.2 Å². The van der Waals surface area contributed by atoms with Gasteiger partial charge in [-0.15, -0.1) is 0 Å². The maximum absolute atomic E-state index is 12.6. The predicted octanol–water partition coefficient (Wildman–Crippen LogP) is 0.811. The lowest BCUT2D eigenvalue weighted by atomic mass is 10.1. The Bertz CT molecular complexity index is 897. The van der Waals surface area contributed by atoms with Gasteiger partial charge in [-0.2, -0.15) is 0 Å². The number of hydrogen-bond donors (Lipinski definition) is 1. The molecule has 29 heavy (non-hydrogen) atoms. The molecule has 0 aliphatic carbocycles. The van der Waals surface area contributed by atoms with Crippen molar-refractivity contribution >= 4 is 17.7 Å². The Morgan fingerprint density at radius 1 is 1.07 bits per heavy atom. The number of carbonyl (C=O) groups excluding carboxylic acids is 3. The topological polar surface area (TPSA) is 83.9 Å². The van der Waals surface area contributed by atoms with E-state index in [1.807, 2.05) is 29.9 Å². The van der Waals surface area contributed by atoms with E-state index in [1.54, 1.807) is 24.3 Å². The standard InChI is InChI=1S/C21H24N4O4/c1-23-8-4-7-17(23)18(24-9-11-29-12-10-24)13-22-19(26)14-25-20(27)15-5-2-3-6-16(15)21(25)28/h2-8,18H,9-14H2,1H3,(H,22,26). The number of aryl methyl sites for hydroxylation is 1. The molecule has 2 aromatic rings. The Kier molecular flexibility index (Phi) is 5.46. The van der Waals surface area contributed by atoms with Crippen molar-refractivity contribution in [3.63, 3.8) is 0 Å². The summed E-state index contributed by atoms with van der Waals surface area (Å²) in [5, 5.41) is 2.91. The Labute approximate surface area is 169 Å². The number of amides is 3. The molecule has 2 aliphatic heterocycles. The zero-order valence-electron chi connectivity index (χ0n) is 16.3. The van der Waals surface area contributed by atoms with Crippen LogP contribution in [0.5, 0.6) is 0 Å². The number of nitrogens with one attached hydrogen (secondary N) is 1. The van der Waals surface area contributed by atoms with Crippen LogP contribution < -0.4 is 5.32 Å². The minimum absolute atomic E-state index is 0.00923. The quantitative estimate of drug-likeness (QED) is 0.731. The van der Waals surface area contributed by atoms with Gasteiger partial charge in [0.05, 0.1) is 30.4 Å². The average molecular weight is 396 g/mol. The minimum Gasteiger partial charge on any atom is -0.379 e. The van der Waals surface area contributed by atoms with Gasteiger partial charge in [0.25, 0.3) is 11.8 Å². The van der Waals surface area contributed by atoms with Crippen molar-refractivity contribution in [2.75, 3.05) is 39.4 Å². The summed E-state index contributed by atoms with van der Waals surface area (Å²) in [6, 6.07) is 10.6. The zero-order valence-corrected chi connectivity index (χ0v) is 16.3. The predicted molar refractivity (Wildman–Crippen MR) is 105 cm³/mol. The largest absolute Gasteiger partial charge is 0.379 e. The molecule has 1 unspecified atom stereocenters. The number of hydrogen-bond acceptors (Lipinski definition) is 5. The van der Waals surface area contributed by atoms with Crippen molar-refractivity contribution in [1.29, 1.82) is 0 Å². The number of imide groups is 1. The SMILES string of the molecule is Cn1cccc1C(CNC(=O)CN1C(=O)c2ccccc2C1=O)N1CCOCC1. The van der Waals surface area contributed by atoms with Gasteiger partial charge in [-0.25, -0.2) is 0 Å². The fourth-order valence-corrected chi connectivity index (χ4v) is 3.92. The van der Waals surface area contributed by atoms with Crippen molar-refractivity contribution < 1.29 is 19.1 Å². The fraction of sp³-hybridized carbons (Fsp3) is 0.381. The van der Waals surface area contributed by atoms with Crippen LogP contribution in [-0.4, -0.2) is 71.5 Å². The fourth-order valence-electron chi connectivity index (χ4n) is 3.92. The van der Waals surface area contributed by atoms with Crippen LogP contribution >= 0.6 is 0 Å². The molecule has 2 aliphatic rings. The average Bonchev–Trinajstić information content (AvgIpc) is 3.26. The van der Waals surface area contributed by atoms with Gasteiger partial charge < -0.3 is 14.6 Å². The summed E-state index contributed by atoms with van der Waals surface area (Å²) in [6.07, 6.45) is 1.98. The molecular weight excluding hydrogens is 372 g/mol. The first-order chi connectivity index (χ1) is 14.1. The Balaban J connectivity index is 1.42. The molecule has 0 spiro atoms. The summed E-state index contributed by atoms with van der Waals surface area (Å²) in [7, 11) is 1.98. The van der Waals surface area contributed by atoms with Gasteiger partial charge in [0.2, 0.25) is 5.91 Å². The van der Waals surface area contributed by atoms with Crippen LogP contribution in [0.15, 0.2) is 42.6 Å². The van der Waals surface area contributed by atoms with E-state index in [-0.39, 0.29) is 18.5 Å². The molecule has 1 N–H and O–H groups in total. The van der Waals surface area contributed by atoms with Gasteiger partial charge in [0.1, 0.15) is 6.54 Å². The Morgan fingerprint density at radius 3 is 2.31 bits per heavy atom. The summed E-state index contributed by atoms with van der Waals surface area (Å²) in [6.45, 7) is 2.98. The first-order valence-corrected chi connectivity index (χ1v) is 9.71. The second kappa shape index (κ2) is 8.18. The molecule has 1 aromatic heterocycles. The van der Waals surface area contributed by atoms with Gasteiger partial charge in [0, 0.05) is 38.6 Å². The number of rotatable bonds is 6. The highest BCUT2D eigenvalue weighted by Gasteiger charge is 2.36. The summed E-state index contributed by atoms with van der Waals surface area (Å²) < 4.78 is 7.49. The monoisotopic (exact) mass is 396 g/mol. The number of morpholine rings is 1. The second-order valence-electron chi connectivity index (χ2n) is 7.25. The van der Waals surface area contributed by atoms with E-state index in [9.17, 15) is 14.4 Å². The summed E-state index contributed by atoms with van der Waals surface area (Å²) in [5.41, 5.74) is 1.79. The van der Waals surface area contributed by atoms with Gasteiger partial charge in [-0.05, 0) is 24.3 Å². The molecule has 3 heterocycles. The molecular formula is C21H24N4O4. The molecule has 1 saturated heterocycles. The highest BCUT2D eigenvalue weighted by atomic mass is 16.5. The summed E-state index contributed by atoms with van der Waals surface area (Å²) >= 11 is 0. The highest BCUT2D eigenvalue weighted by molar-refractivity contribution is 6.22. The second-order valence-corrected chi connectivity index (χ2v) is 7.25. The van der Waals surface area contributed by atoms with E-state index >= 15 is 0 Å². The van der Waals surface area contributed by atoms with Crippen LogP contribution in [0.25, 0.3) is 0 Å². The van der Waals surface area contributed by atoms with Crippen molar-refractivity contribution in [2.24, 2.45) is 7.05 Å². The third-order valence-electron chi connectivity index (χ3n) is 5.48. The maximum atomic E-state index is 12.6. The van der Waals surface area contributed by atoms with E-state index in [0.717, 1.165) is 23.7 Å². The minimum atomic E-state index is -0.423. The van der Waals surface area contributed by atoms with Gasteiger partial charge in [-0.3, -0.25) is 24.2 Å². The highest BCUT2D eigenvalue weighted by Crippen LogP contribution is 2.23. The number of fused-ring (bicyclic) bond motifs is 1. The number of nitrogens with zero attached hydrogens (tertiary/aromatic N) is 3. The Hall–Kier alpha value is -2.97. The normalized spacial score (nSPS) is 18.0. The molecule has 0 saturated carbocycles. The van der Waals surface area contributed by atoms with Crippen molar-refractivity contribution in [1.82, 2.24) is 19.7 Å². The summed E-state index contributed by atoms with van der Waals surface area (Å²) in [4.78, 5) is 40.8. The first kappa shape index (κ1) is 19.4. The Morgan fingerprint density at radius 2 is 1.72 bits per heavy atom. The molecule has 4 rings (SSSR count). The number of benzene rings is 1. The molecule has 0 radical (unpaired) electrons. The van der Waals surface area contributed by atoms with Gasteiger partial charge in [-0.1, -0.05) is 12.1 Å². The molecule has 1 aromatic carbocycles. The molecule has 152 valence electrons. The van der Waals surface area contributed by atoms with Crippen molar-refractivity contribution in [3.8, 4) is 0 Å². The molecule has 3 amide bonds. The smallest absolute Gasteiger partial charge is 0.262 e. The number of carbonyl (C=O) groups is 3. The van der Waals surface area contributed by atoms with E-state index in [4.69, 9.17) is 4.74 Å². The van der Waals surface area contributed by atoms with Crippen LogP contribution in [0.3, 0.4) is 0 Å². The maximum Gasteiger partial charge on any atom is 0.262 e. The van der Waals surface area contributed by atoms with Crippen LogP contribution in [0.2, 0.25) is 0 Å². The molecule has 8 heteroatoms. The lowest BCUT2D eigenvalue weighted by Crippen LogP contribution is -2.46. The van der Waals surface area contributed by atoms with Crippen LogP contribution in [0.1, 0.15) is 32.5 Å². The molecule has 1 atom stereocenters. The van der Waals surface area contributed by atoms with E-state index in [0.29, 0.717) is 30.9 Å². The first-order valence-electron chi connectivity index (χ1n) is 9.71. The van der Waals surface area contributed by atoms with Crippen molar-refractivity contribution in [3.05, 3.63) is 59.4 Å². The van der Waals surface area contributed by atoms with Gasteiger partial charge >= 0.3 is 0 Å². The lowest BCUT2D eigenvalue weighted by Gasteiger charge is -2.35. The number of ether oxygens (including phenoxy) is 1. The van der Waals surface area contributed by atoms with E-state index in [1.165, 1.54) is 0 Å². The van der Waals surface area contributed by atoms with Gasteiger partial charge in [0.15, 0.2) is 0 Å². The number of aromatic nitrogens is 1. The zero-order chi connectivity index (χ0) is 20.4. The van der Waals surface area contributed by atoms with Crippen LogP contribution in [0.4, 0.5) is 0 Å². The molecule has 1 fully saturated rings. The molecule has 0 bridgehead atoms. The van der Waals surface area contributed by atoms with Crippen LogP contribution in [0, 0.1) is 0 Å². The van der Waals surface area contributed by atoms with Crippen molar-refractivity contribution in [2.45, 2.75) is 6.04 Å². The third kappa shape index (κ3) is 3.81. The molecule has 8 nitrogen and oxygen atoms in total. The summed E-state index contributed by atoms with van der Waals surface area (Å²) in [5.74, 6) is -1.20. The van der Waals surface area contributed by atoms with Crippen LogP contribution in [-0.2, 0) is 16.6 Å². The lowest BCUT2D eigenvalue weighted by molar-refractivity contribution is -0.121. The van der Waals surface area contributed by atoms with E-state index < -0.39 is 11.8 Å². The third-order valence-corrected chi connectivity index (χ3v) is 5.48.